The van der Waals surface area contributed by atoms with E-state index in [1.54, 1.807) is 0 Å². The van der Waals surface area contributed by atoms with E-state index in [4.69, 9.17) is 4.52 Å². The molecule has 1 aliphatic carbocycles. The molecule has 0 spiro atoms. The molecular formula is C18H29N3O2. The molecule has 0 aromatic carbocycles. The number of amides is 1. The second-order valence-electron chi connectivity index (χ2n) is 7.14. The SMILES string of the molecule is CCC(CC)C(=O)N1CCC(CCc2noc(C3CC3)n2)CC1. The van der Waals surface area contributed by atoms with Gasteiger partial charge in [0.15, 0.2) is 5.82 Å². The Balaban J connectivity index is 1.41. The first-order valence-electron chi connectivity index (χ1n) is 9.32. The van der Waals surface area contributed by atoms with Crippen molar-refractivity contribution in [2.75, 3.05) is 13.1 Å². The first-order valence-corrected chi connectivity index (χ1v) is 9.32. The molecule has 2 fully saturated rings. The van der Waals surface area contributed by atoms with Gasteiger partial charge in [-0.2, -0.15) is 4.98 Å². The number of hydrogen-bond donors (Lipinski definition) is 0. The van der Waals surface area contributed by atoms with Crippen LogP contribution in [-0.2, 0) is 11.2 Å². The van der Waals surface area contributed by atoms with Crippen LogP contribution in [0.2, 0.25) is 0 Å². The molecule has 5 heteroatoms. The third-order valence-electron chi connectivity index (χ3n) is 5.45. The molecule has 128 valence electrons. The van der Waals surface area contributed by atoms with E-state index in [1.807, 2.05) is 0 Å². The van der Waals surface area contributed by atoms with Gasteiger partial charge in [0, 0.05) is 31.3 Å². The van der Waals surface area contributed by atoms with Crippen LogP contribution in [0.1, 0.15) is 76.4 Å². The number of aromatic nitrogens is 2. The van der Waals surface area contributed by atoms with Gasteiger partial charge in [-0.3, -0.25) is 4.79 Å². The maximum absolute atomic E-state index is 12.4. The summed E-state index contributed by atoms with van der Waals surface area (Å²) in [6.45, 7) is 6.05. The Hall–Kier alpha value is -1.39. The number of carbonyl (C=O) groups excluding carboxylic acids is 1. The molecule has 23 heavy (non-hydrogen) atoms. The predicted molar refractivity (Wildman–Crippen MR) is 88.0 cm³/mol. The lowest BCUT2D eigenvalue weighted by Crippen LogP contribution is -2.41. The van der Waals surface area contributed by atoms with Gasteiger partial charge >= 0.3 is 0 Å². The number of carbonyl (C=O) groups is 1. The zero-order valence-electron chi connectivity index (χ0n) is 14.5. The Kier molecular flexibility index (Phi) is 5.34. The van der Waals surface area contributed by atoms with Crippen molar-refractivity contribution in [3.8, 4) is 0 Å². The average molecular weight is 319 g/mol. The summed E-state index contributed by atoms with van der Waals surface area (Å²) in [6.07, 6.45) is 8.54. The molecule has 1 amide bonds. The van der Waals surface area contributed by atoms with Crippen molar-refractivity contribution in [1.82, 2.24) is 15.0 Å². The van der Waals surface area contributed by atoms with Crippen molar-refractivity contribution < 1.29 is 9.32 Å². The summed E-state index contributed by atoms with van der Waals surface area (Å²) in [5.74, 6) is 3.50. The van der Waals surface area contributed by atoms with E-state index in [2.05, 4.69) is 28.9 Å². The normalized spacial score (nSPS) is 19.5. The van der Waals surface area contributed by atoms with Crippen molar-refractivity contribution in [3.63, 3.8) is 0 Å². The highest BCUT2D eigenvalue weighted by Crippen LogP contribution is 2.39. The van der Waals surface area contributed by atoms with Crippen molar-refractivity contribution in [2.24, 2.45) is 11.8 Å². The van der Waals surface area contributed by atoms with Crippen LogP contribution >= 0.6 is 0 Å². The van der Waals surface area contributed by atoms with Crippen LogP contribution in [0.4, 0.5) is 0 Å². The Labute approximate surface area is 138 Å². The Bertz CT molecular complexity index is 512. The molecule has 0 radical (unpaired) electrons. The molecule has 5 nitrogen and oxygen atoms in total. The fourth-order valence-electron chi connectivity index (χ4n) is 3.54. The summed E-state index contributed by atoms with van der Waals surface area (Å²) < 4.78 is 5.31. The third kappa shape index (κ3) is 4.12. The van der Waals surface area contributed by atoms with Crippen molar-refractivity contribution in [2.45, 2.75) is 71.1 Å². The van der Waals surface area contributed by atoms with Crippen LogP contribution in [-0.4, -0.2) is 34.0 Å². The van der Waals surface area contributed by atoms with Crippen LogP contribution in [0.3, 0.4) is 0 Å². The van der Waals surface area contributed by atoms with Gasteiger partial charge in [-0.15, -0.1) is 0 Å². The highest BCUT2D eigenvalue weighted by atomic mass is 16.5. The largest absolute Gasteiger partial charge is 0.342 e. The van der Waals surface area contributed by atoms with E-state index in [9.17, 15) is 4.79 Å². The first kappa shape index (κ1) is 16.5. The first-order chi connectivity index (χ1) is 11.2. The smallest absolute Gasteiger partial charge is 0.229 e. The summed E-state index contributed by atoms with van der Waals surface area (Å²) in [6, 6.07) is 0. The zero-order valence-corrected chi connectivity index (χ0v) is 14.5. The Morgan fingerprint density at radius 1 is 1.22 bits per heavy atom. The summed E-state index contributed by atoms with van der Waals surface area (Å²) >= 11 is 0. The molecule has 1 aromatic heterocycles. The topological polar surface area (TPSA) is 59.2 Å². The van der Waals surface area contributed by atoms with Gasteiger partial charge in [-0.05, 0) is 50.9 Å². The maximum atomic E-state index is 12.4. The second kappa shape index (κ2) is 7.45. The van der Waals surface area contributed by atoms with Crippen LogP contribution < -0.4 is 0 Å². The number of piperidine rings is 1. The number of hydrogen-bond acceptors (Lipinski definition) is 4. The molecule has 2 heterocycles. The highest BCUT2D eigenvalue weighted by molar-refractivity contribution is 5.78. The second-order valence-corrected chi connectivity index (χ2v) is 7.14. The Morgan fingerprint density at radius 3 is 2.52 bits per heavy atom. The minimum atomic E-state index is 0.215. The molecule has 1 aromatic rings. The van der Waals surface area contributed by atoms with Crippen molar-refractivity contribution in [3.05, 3.63) is 11.7 Å². The molecule has 0 unspecified atom stereocenters. The van der Waals surface area contributed by atoms with Crippen LogP contribution in [0.5, 0.6) is 0 Å². The summed E-state index contributed by atoms with van der Waals surface area (Å²) in [5, 5.41) is 4.10. The minimum absolute atomic E-state index is 0.215. The lowest BCUT2D eigenvalue weighted by Gasteiger charge is -2.34. The van der Waals surface area contributed by atoms with Gasteiger partial charge in [0.1, 0.15) is 0 Å². The number of nitrogens with zero attached hydrogens (tertiary/aromatic N) is 3. The Morgan fingerprint density at radius 2 is 1.91 bits per heavy atom. The molecular weight excluding hydrogens is 290 g/mol. The molecule has 3 rings (SSSR count). The van der Waals surface area contributed by atoms with Gasteiger partial charge in [0.25, 0.3) is 0 Å². The fraction of sp³-hybridized carbons (Fsp3) is 0.833. The molecule has 1 aliphatic heterocycles. The number of rotatable bonds is 7. The van der Waals surface area contributed by atoms with Crippen molar-refractivity contribution >= 4 is 5.91 Å². The molecule has 1 saturated heterocycles. The summed E-state index contributed by atoms with van der Waals surface area (Å²) in [7, 11) is 0. The maximum Gasteiger partial charge on any atom is 0.229 e. The van der Waals surface area contributed by atoms with Crippen molar-refractivity contribution in [1.29, 1.82) is 0 Å². The van der Waals surface area contributed by atoms with E-state index in [0.717, 1.165) is 63.3 Å². The van der Waals surface area contributed by atoms with E-state index in [-0.39, 0.29) is 5.92 Å². The molecule has 2 aliphatic rings. The van der Waals surface area contributed by atoms with Gasteiger partial charge in [0.2, 0.25) is 11.8 Å². The van der Waals surface area contributed by atoms with Gasteiger partial charge < -0.3 is 9.42 Å². The zero-order chi connectivity index (χ0) is 16.2. The van der Waals surface area contributed by atoms with E-state index in [1.165, 1.54) is 12.8 Å². The van der Waals surface area contributed by atoms with Crippen LogP contribution in [0.15, 0.2) is 4.52 Å². The van der Waals surface area contributed by atoms with E-state index in [0.29, 0.717) is 17.7 Å². The lowest BCUT2D eigenvalue weighted by molar-refractivity contribution is -0.137. The predicted octanol–water partition coefficient (Wildman–Crippen LogP) is 3.55. The van der Waals surface area contributed by atoms with E-state index < -0.39 is 0 Å². The van der Waals surface area contributed by atoms with Gasteiger partial charge in [-0.1, -0.05) is 19.0 Å². The molecule has 1 saturated carbocycles. The number of likely N-dealkylation sites (tertiary alicyclic amines) is 1. The summed E-state index contributed by atoms with van der Waals surface area (Å²) in [5.41, 5.74) is 0. The lowest BCUT2D eigenvalue weighted by atomic mass is 9.91. The summed E-state index contributed by atoms with van der Waals surface area (Å²) in [4.78, 5) is 19.0. The van der Waals surface area contributed by atoms with Gasteiger partial charge in [0.05, 0.1) is 0 Å². The van der Waals surface area contributed by atoms with Crippen LogP contribution in [0, 0.1) is 11.8 Å². The van der Waals surface area contributed by atoms with Crippen LogP contribution in [0.25, 0.3) is 0 Å². The minimum Gasteiger partial charge on any atom is -0.342 e. The monoisotopic (exact) mass is 319 g/mol. The quantitative estimate of drug-likeness (QED) is 0.771. The molecule has 0 atom stereocenters. The standard InChI is InChI=1S/C18H29N3O2/c1-3-14(4-2)18(22)21-11-9-13(10-12-21)5-8-16-19-17(23-20-16)15-6-7-15/h13-15H,3-12H2,1-2H3. The average Bonchev–Trinajstić information content (AvgIpc) is 3.33. The molecule has 0 N–H and O–H groups in total. The van der Waals surface area contributed by atoms with E-state index >= 15 is 0 Å². The fourth-order valence-corrected chi connectivity index (χ4v) is 3.54. The van der Waals surface area contributed by atoms with Gasteiger partial charge in [-0.25, -0.2) is 0 Å². The third-order valence-corrected chi connectivity index (χ3v) is 5.45. The number of aryl methyl sites for hydroxylation is 1. The molecule has 0 bridgehead atoms. The highest BCUT2D eigenvalue weighted by Gasteiger charge is 2.30.